The largest absolute Gasteiger partial charge is 0.383 e. The number of hydrogen-bond donors (Lipinski definition) is 1. The number of rotatable bonds is 6. The summed E-state index contributed by atoms with van der Waals surface area (Å²) in [7, 11) is -1.71. The Kier molecular flexibility index (Phi) is 5.60. The first-order valence-electron chi connectivity index (χ1n) is 7.25. The molecule has 0 saturated carbocycles. The number of nitrogens with one attached hydrogen (secondary N) is 1. The van der Waals surface area contributed by atoms with Crippen molar-refractivity contribution in [3.8, 4) is 0 Å². The number of fused-ring (bicyclic) bond motifs is 1. The van der Waals surface area contributed by atoms with E-state index in [1.54, 1.807) is 7.11 Å². The van der Waals surface area contributed by atoms with Crippen LogP contribution >= 0.6 is 0 Å². The zero-order chi connectivity index (χ0) is 16.2. The number of nitrogens with zero attached hydrogens (tertiary/aromatic N) is 2. The van der Waals surface area contributed by atoms with E-state index >= 15 is 0 Å². The summed E-state index contributed by atoms with van der Waals surface area (Å²) in [6.45, 7) is 2.29. The average molecular weight is 329 g/mol. The van der Waals surface area contributed by atoms with Crippen LogP contribution in [0.2, 0.25) is 0 Å². The molecule has 1 aliphatic rings. The lowest BCUT2D eigenvalue weighted by Crippen LogP contribution is -2.36. The van der Waals surface area contributed by atoms with Gasteiger partial charge in [0.25, 0.3) is 0 Å². The van der Waals surface area contributed by atoms with E-state index in [9.17, 15) is 13.2 Å². The molecule has 1 N–H and O–H groups in total. The maximum atomic E-state index is 12.0. The summed E-state index contributed by atoms with van der Waals surface area (Å²) in [5.74, 6) is -0.128. The third kappa shape index (κ3) is 4.56. The molecule has 22 heavy (non-hydrogen) atoms. The molecule has 1 amide bonds. The third-order valence-corrected chi connectivity index (χ3v) is 4.97. The second-order valence-electron chi connectivity index (χ2n) is 5.62. The zero-order valence-electron chi connectivity index (χ0n) is 13.0. The molecule has 2 rings (SSSR count). The predicted octanol–water partition coefficient (Wildman–Crippen LogP) is 0.0322. The lowest BCUT2D eigenvalue weighted by molar-refractivity contribution is -0.122. The van der Waals surface area contributed by atoms with E-state index in [1.165, 1.54) is 10.6 Å². The van der Waals surface area contributed by atoms with Crippen LogP contribution in [0.1, 0.15) is 12.1 Å². The highest BCUT2D eigenvalue weighted by atomic mass is 32.2. The molecule has 124 valence electrons. The Bertz CT molecular complexity index is 611. The van der Waals surface area contributed by atoms with Crippen molar-refractivity contribution in [3.63, 3.8) is 0 Å². The molecule has 1 aromatic heterocycles. The van der Waals surface area contributed by atoms with E-state index in [-0.39, 0.29) is 11.8 Å². The Morgan fingerprint density at radius 2 is 2.23 bits per heavy atom. The smallest absolute Gasteiger partial charge is 0.220 e. The average Bonchev–Trinajstić information content (AvgIpc) is 2.77. The molecular formula is C14H23N3O4S. The number of carbonyl (C=O) groups excluding carboxylic acids is 1. The van der Waals surface area contributed by atoms with Gasteiger partial charge >= 0.3 is 0 Å². The van der Waals surface area contributed by atoms with E-state index in [4.69, 9.17) is 4.74 Å². The minimum absolute atomic E-state index is 0.0501. The van der Waals surface area contributed by atoms with Crippen LogP contribution in [-0.4, -0.2) is 56.3 Å². The van der Waals surface area contributed by atoms with Gasteiger partial charge in [-0.3, -0.25) is 4.79 Å². The molecule has 0 bridgehead atoms. The Labute approximate surface area is 131 Å². The highest BCUT2D eigenvalue weighted by Crippen LogP contribution is 2.21. The number of aromatic nitrogens is 1. The first-order valence-corrected chi connectivity index (χ1v) is 9.09. The van der Waals surface area contributed by atoms with Gasteiger partial charge < -0.3 is 14.6 Å². The first kappa shape index (κ1) is 17.0. The zero-order valence-corrected chi connectivity index (χ0v) is 13.8. The molecule has 0 radical (unpaired) electrons. The Morgan fingerprint density at radius 1 is 1.45 bits per heavy atom. The Hall–Kier alpha value is -1.38. The van der Waals surface area contributed by atoms with Gasteiger partial charge in [0, 0.05) is 45.1 Å². The van der Waals surface area contributed by atoms with Crippen LogP contribution < -0.4 is 5.32 Å². The van der Waals surface area contributed by atoms with Crippen molar-refractivity contribution in [2.24, 2.45) is 5.92 Å². The molecular weight excluding hydrogens is 306 g/mol. The van der Waals surface area contributed by atoms with Crippen molar-refractivity contribution in [2.45, 2.75) is 19.5 Å². The van der Waals surface area contributed by atoms with Crippen molar-refractivity contribution in [1.82, 2.24) is 14.2 Å². The molecule has 0 saturated heterocycles. The number of methoxy groups -OCH3 is 1. The van der Waals surface area contributed by atoms with Crippen LogP contribution in [0.25, 0.3) is 0 Å². The van der Waals surface area contributed by atoms with Gasteiger partial charge in [0.2, 0.25) is 15.9 Å². The van der Waals surface area contributed by atoms with Gasteiger partial charge in [-0.2, -0.15) is 4.31 Å². The number of amides is 1. The van der Waals surface area contributed by atoms with E-state index < -0.39 is 10.0 Å². The normalized spacial score (nSPS) is 19.5. The monoisotopic (exact) mass is 329 g/mol. The standard InChI is InChI=1S/C14H23N3O4S/c1-21-7-5-15-14(18)8-12-9-16-6-3-4-13(16)11-17(10-12)22(2,19)20/h3-4,6,12H,5,7-11H2,1-2H3,(H,15,18). The topological polar surface area (TPSA) is 80.6 Å². The fraction of sp³-hybridized carbons (Fsp3) is 0.643. The summed E-state index contributed by atoms with van der Waals surface area (Å²) >= 11 is 0. The van der Waals surface area contributed by atoms with Gasteiger partial charge in [0.15, 0.2) is 0 Å². The van der Waals surface area contributed by atoms with Crippen molar-refractivity contribution >= 4 is 15.9 Å². The Balaban J connectivity index is 2.06. The van der Waals surface area contributed by atoms with E-state index in [0.29, 0.717) is 39.2 Å². The van der Waals surface area contributed by atoms with Crippen molar-refractivity contribution in [1.29, 1.82) is 0 Å². The third-order valence-electron chi connectivity index (χ3n) is 3.75. The summed E-state index contributed by atoms with van der Waals surface area (Å²) in [6.07, 6.45) is 3.44. The lowest BCUT2D eigenvalue weighted by Gasteiger charge is -2.21. The van der Waals surface area contributed by atoms with Gasteiger partial charge in [-0.15, -0.1) is 0 Å². The van der Waals surface area contributed by atoms with Crippen LogP contribution in [0.5, 0.6) is 0 Å². The molecule has 1 unspecified atom stereocenters. The number of carbonyl (C=O) groups is 1. The van der Waals surface area contributed by atoms with Crippen molar-refractivity contribution < 1.29 is 17.9 Å². The van der Waals surface area contributed by atoms with Gasteiger partial charge in [-0.25, -0.2) is 8.42 Å². The van der Waals surface area contributed by atoms with Crippen LogP contribution in [0.4, 0.5) is 0 Å². The van der Waals surface area contributed by atoms with E-state index in [1.807, 2.05) is 22.9 Å². The molecule has 1 atom stereocenters. The highest BCUT2D eigenvalue weighted by molar-refractivity contribution is 7.88. The van der Waals surface area contributed by atoms with Gasteiger partial charge in [0.05, 0.1) is 19.4 Å². The maximum Gasteiger partial charge on any atom is 0.220 e. The van der Waals surface area contributed by atoms with Crippen LogP contribution in [0, 0.1) is 5.92 Å². The number of ether oxygens (including phenoxy) is 1. The quantitative estimate of drug-likeness (QED) is 0.747. The van der Waals surface area contributed by atoms with Crippen molar-refractivity contribution in [2.75, 3.05) is 33.1 Å². The molecule has 0 aliphatic carbocycles. The minimum Gasteiger partial charge on any atom is -0.383 e. The van der Waals surface area contributed by atoms with Gasteiger partial charge in [-0.1, -0.05) is 0 Å². The summed E-state index contributed by atoms with van der Waals surface area (Å²) in [4.78, 5) is 12.0. The van der Waals surface area contributed by atoms with E-state index in [0.717, 1.165) is 5.69 Å². The second kappa shape index (κ2) is 7.26. The lowest BCUT2D eigenvalue weighted by atomic mass is 10.1. The summed E-state index contributed by atoms with van der Waals surface area (Å²) < 4.78 is 32.2. The molecule has 0 aromatic carbocycles. The fourth-order valence-corrected chi connectivity index (χ4v) is 3.50. The van der Waals surface area contributed by atoms with Gasteiger partial charge in [-0.05, 0) is 18.1 Å². The molecule has 2 heterocycles. The number of sulfonamides is 1. The SMILES string of the molecule is COCCNC(=O)CC1CN(S(C)(=O)=O)Cc2cccn2C1. The first-order chi connectivity index (χ1) is 10.4. The maximum absolute atomic E-state index is 12.0. The van der Waals surface area contributed by atoms with Gasteiger partial charge in [0.1, 0.15) is 0 Å². The molecule has 1 aromatic rings. The van der Waals surface area contributed by atoms with Crippen molar-refractivity contribution in [3.05, 3.63) is 24.0 Å². The molecule has 1 aliphatic heterocycles. The number of hydrogen-bond acceptors (Lipinski definition) is 4. The van der Waals surface area contributed by atoms with Crippen LogP contribution in [0.3, 0.4) is 0 Å². The molecule has 7 nitrogen and oxygen atoms in total. The molecule has 0 fully saturated rings. The molecule has 8 heteroatoms. The second-order valence-corrected chi connectivity index (χ2v) is 7.60. The van der Waals surface area contributed by atoms with E-state index in [2.05, 4.69) is 5.32 Å². The Morgan fingerprint density at radius 3 is 2.91 bits per heavy atom. The predicted molar refractivity (Wildman–Crippen MR) is 82.7 cm³/mol. The minimum atomic E-state index is -3.29. The highest BCUT2D eigenvalue weighted by Gasteiger charge is 2.28. The summed E-state index contributed by atoms with van der Waals surface area (Å²) in [6, 6.07) is 3.82. The fourth-order valence-electron chi connectivity index (χ4n) is 2.65. The summed E-state index contributed by atoms with van der Waals surface area (Å²) in [5.41, 5.74) is 0.952. The van der Waals surface area contributed by atoms with Crippen LogP contribution in [0.15, 0.2) is 18.3 Å². The van der Waals surface area contributed by atoms with Crippen LogP contribution in [-0.2, 0) is 32.6 Å². The molecule has 0 spiro atoms. The summed E-state index contributed by atoms with van der Waals surface area (Å²) in [5, 5.41) is 2.78.